The summed E-state index contributed by atoms with van der Waals surface area (Å²) in [6, 6.07) is 22.4. The number of para-hydroxylation sites is 2. The number of nitrogens with one attached hydrogen (secondary N) is 2. The lowest BCUT2D eigenvalue weighted by molar-refractivity contribution is -0.252. The van der Waals surface area contributed by atoms with Gasteiger partial charge in [0, 0.05) is 17.7 Å². The molecule has 208 valence electrons. The monoisotopic (exact) mass is 544 g/mol. The zero-order valence-electron chi connectivity index (χ0n) is 22.2. The molecule has 0 unspecified atom stereocenters. The van der Waals surface area contributed by atoms with Crippen molar-refractivity contribution in [2.45, 2.75) is 45.0 Å². The van der Waals surface area contributed by atoms with E-state index in [-0.39, 0.29) is 32.0 Å². The molecule has 3 N–H and O–H groups in total. The van der Waals surface area contributed by atoms with E-state index in [4.69, 9.17) is 14.2 Å². The van der Waals surface area contributed by atoms with Crippen LogP contribution in [-0.4, -0.2) is 45.9 Å². The lowest BCUT2D eigenvalue weighted by Gasteiger charge is -2.36. The first kappa shape index (κ1) is 27.3. The molecule has 40 heavy (non-hydrogen) atoms. The Morgan fingerprint density at radius 2 is 1.88 bits per heavy atom. The van der Waals surface area contributed by atoms with Crippen LogP contribution in [0.25, 0.3) is 11.0 Å². The van der Waals surface area contributed by atoms with Crippen molar-refractivity contribution in [2.75, 3.05) is 18.5 Å². The van der Waals surface area contributed by atoms with Crippen molar-refractivity contribution >= 4 is 28.7 Å². The first-order valence-corrected chi connectivity index (χ1v) is 13.2. The Balaban J connectivity index is 1.34. The number of ether oxygens (including phenoxy) is 3. The fourth-order valence-corrected chi connectivity index (χ4v) is 4.71. The number of carbonyl (C=O) groups excluding carboxylic acids is 2. The van der Waals surface area contributed by atoms with Gasteiger partial charge in [0.15, 0.2) is 6.29 Å². The maximum atomic E-state index is 12.3. The number of fused-ring (bicyclic) bond motifs is 1. The van der Waals surface area contributed by atoms with Crippen LogP contribution in [0, 0.1) is 0 Å². The fraction of sp³-hybridized carbons (Fsp3) is 0.300. The summed E-state index contributed by atoms with van der Waals surface area (Å²) in [4.78, 5) is 28.4. The summed E-state index contributed by atoms with van der Waals surface area (Å²) in [5.74, 6) is -0.509. The molecule has 5 rings (SSSR count). The van der Waals surface area contributed by atoms with Gasteiger partial charge in [0.05, 0.1) is 49.3 Å². The van der Waals surface area contributed by atoms with Crippen molar-refractivity contribution in [1.29, 1.82) is 0 Å². The van der Waals surface area contributed by atoms with E-state index >= 15 is 0 Å². The van der Waals surface area contributed by atoms with Crippen LogP contribution < -0.4 is 10.6 Å². The lowest BCUT2D eigenvalue weighted by Crippen LogP contribution is -2.34. The molecule has 3 atom stereocenters. The summed E-state index contributed by atoms with van der Waals surface area (Å²) in [5, 5.41) is 14.7. The van der Waals surface area contributed by atoms with Gasteiger partial charge < -0.3 is 34.5 Å². The molecule has 1 aromatic heterocycles. The van der Waals surface area contributed by atoms with Crippen molar-refractivity contribution < 1.29 is 28.9 Å². The molecule has 0 bridgehead atoms. The number of aromatic nitrogens is 2. The standard InChI is InChI=1S/C30H32N4O6/c1-2-38-28(36)16-31-30(37)33-23-7-5-6-22(14-23)29-39-24(17-34-19-32-25-8-3-4-9-26(25)34)15-27(40-29)21-12-10-20(18-35)11-13-21/h3-14,19,24,27,29,35H,2,15-18H2,1H3,(H2,31,33,37)/t24-,27+,29+/m1/s1. The number of nitrogens with zero attached hydrogens (tertiary/aromatic N) is 2. The number of aliphatic hydroxyl groups excluding tert-OH is 1. The number of hydrogen-bond acceptors (Lipinski definition) is 7. The number of hydrogen-bond donors (Lipinski definition) is 3. The zero-order valence-corrected chi connectivity index (χ0v) is 22.2. The van der Waals surface area contributed by atoms with Gasteiger partial charge in [0.2, 0.25) is 0 Å². The molecule has 1 aliphatic rings. The number of amides is 2. The third kappa shape index (κ3) is 6.66. The van der Waals surface area contributed by atoms with Crippen LogP contribution in [0.5, 0.6) is 0 Å². The highest BCUT2D eigenvalue weighted by atomic mass is 16.7. The van der Waals surface area contributed by atoms with Gasteiger partial charge in [-0.2, -0.15) is 0 Å². The lowest BCUT2D eigenvalue weighted by atomic mass is 10.00. The van der Waals surface area contributed by atoms with Gasteiger partial charge in [0.1, 0.15) is 6.54 Å². The Hall–Kier alpha value is -4.25. The summed E-state index contributed by atoms with van der Waals surface area (Å²) in [6.07, 6.45) is 1.30. The van der Waals surface area contributed by atoms with Crippen LogP contribution in [0.3, 0.4) is 0 Å². The number of rotatable bonds is 9. The van der Waals surface area contributed by atoms with E-state index in [9.17, 15) is 14.7 Å². The quantitative estimate of drug-likeness (QED) is 0.266. The molecule has 2 heterocycles. The largest absolute Gasteiger partial charge is 0.465 e. The maximum Gasteiger partial charge on any atom is 0.325 e. The van der Waals surface area contributed by atoms with E-state index < -0.39 is 18.3 Å². The van der Waals surface area contributed by atoms with Gasteiger partial charge >= 0.3 is 12.0 Å². The highest BCUT2D eigenvalue weighted by Gasteiger charge is 2.32. The van der Waals surface area contributed by atoms with Crippen molar-refractivity contribution in [3.8, 4) is 0 Å². The summed E-state index contributed by atoms with van der Waals surface area (Å²) >= 11 is 0. The summed E-state index contributed by atoms with van der Waals surface area (Å²) in [6.45, 7) is 2.28. The van der Waals surface area contributed by atoms with E-state index in [0.29, 0.717) is 18.7 Å². The summed E-state index contributed by atoms with van der Waals surface area (Å²) in [7, 11) is 0. The minimum atomic E-state index is -0.694. The normalized spacial score (nSPS) is 18.8. The molecule has 4 aromatic rings. The van der Waals surface area contributed by atoms with Crippen LogP contribution in [0.15, 0.2) is 79.1 Å². The van der Waals surface area contributed by atoms with E-state index in [1.165, 1.54) is 0 Å². The Kier molecular flexibility index (Phi) is 8.70. The number of urea groups is 1. The van der Waals surface area contributed by atoms with Gasteiger partial charge in [-0.15, -0.1) is 0 Å². The Bertz CT molecular complexity index is 1450. The second-order valence-electron chi connectivity index (χ2n) is 9.47. The SMILES string of the molecule is CCOC(=O)CNC(=O)Nc1cccc([C@H]2O[C@@H](Cn3cnc4ccccc43)C[C@@H](c3ccc(CO)cc3)O2)c1. The van der Waals surface area contributed by atoms with Crippen LogP contribution in [0.4, 0.5) is 10.5 Å². The van der Waals surface area contributed by atoms with Crippen LogP contribution in [0.2, 0.25) is 0 Å². The molecule has 1 fully saturated rings. The molecule has 0 saturated carbocycles. The topological polar surface area (TPSA) is 124 Å². The molecule has 2 amide bonds. The smallest absolute Gasteiger partial charge is 0.325 e. The molecular formula is C30H32N4O6. The Labute approximate surface area is 231 Å². The number of carbonyl (C=O) groups is 2. The molecule has 1 saturated heterocycles. The van der Waals surface area contributed by atoms with E-state index in [0.717, 1.165) is 27.7 Å². The molecule has 10 heteroatoms. The van der Waals surface area contributed by atoms with Crippen molar-refractivity contribution in [2.24, 2.45) is 0 Å². The van der Waals surface area contributed by atoms with Crippen LogP contribution >= 0.6 is 0 Å². The maximum absolute atomic E-state index is 12.3. The molecular weight excluding hydrogens is 512 g/mol. The van der Waals surface area contributed by atoms with Gasteiger partial charge in [-0.1, -0.05) is 48.5 Å². The van der Waals surface area contributed by atoms with Crippen molar-refractivity contribution in [1.82, 2.24) is 14.9 Å². The Morgan fingerprint density at radius 1 is 1.05 bits per heavy atom. The second-order valence-corrected chi connectivity index (χ2v) is 9.47. The molecule has 0 aliphatic carbocycles. The van der Waals surface area contributed by atoms with Gasteiger partial charge in [-0.05, 0) is 42.3 Å². The predicted molar refractivity (Wildman–Crippen MR) is 148 cm³/mol. The Morgan fingerprint density at radius 3 is 2.67 bits per heavy atom. The van der Waals surface area contributed by atoms with Gasteiger partial charge in [-0.25, -0.2) is 9.78 Å². The molecule has 0 radical (unpaired) electrons. The molecule has 3 aromatic carbocycles. The van der Waals surface area contributed by atoms with E-state index in [1.807, 2.05) is 60.9 Å². The van der Waals surface area contributed by atoms with Crippen LogP contribution in [-0.2, 0) is 32.2 Å². The molecule has 10 nitrogen and oxygen atoms in total. The highest BCUT2D eigenvalue weighted by molar-refractivity contribution is 5.91. The summed E-state index contributed by atoms with van der Waals surface area (Å²) < 4.78 is 19.8. The summed E-state index contributed by atoms with van der Waals surface area (Å²) in [5.41, 5.74) is 5.02. The number of esters is 1. The molecule has 1 aliphatic heterocycles. The van der Waals surface area contributed by atoms with E-state index in [1.54, 1.807) is 25.1 Å². The van der Waals surface area contributed by atoms with Crippen LogP contribution in [0.1, 0.15) is 42.4 Å². The zero-order chi connectivity index (χ0) is 27.9. The first-order chi connectivity index (χ1) is 19.5. The average Bonchev–Trinajstić information content (AvgIpc) is 3.39. The predicted octanol–water partition coefficient (Wildman–Crippen LogP) is 4.46. The van der Waals surface area contributed by atoms with Gasteiger partial charge in [0.25, 0.3) is 0 Å². The highest BCUT2D eigenvalue weighted by Crippen LogP contribution is 2.39. The number of imidazole rings is 1. The average molecular weight is 545 g/mol. The minimum absolute atomic E-state index is 0.0268. The first-order valence-electron chi connectivity index (χ1n) is 13.2. The number of aliphatic hydroxyl groups is 1. The number of benzene rings is 3. The molecule has 0 spiro atoms. The number of anilines is 1. The minimum Gasteiger partial charge on any atom is -0.465 e. The third-order valence-electron chi connectivity index (χ3n) is 6.66. The van der Waals surface area contributed by atoms with Gasteiger partial charge in [-0.3, -0.25) is 4.79 Å². The van der Waals surface area contributed by atoms with E-state index in [2.05, 4.69) is 20.2 Å². The fourth-order valence-electron chi connectivity index (χ4n) is 4.71. The third-order valence-corrected chi connectivity index (χ3v) is 6.66. The van der Waals surface area contributed by atoms with Crippen molar-refractivity contribution in [3.63, 3.8) is 0 Å². The van der Waals surface area contributed by atoms with Crippen molar-refractivity contribution in [3.05, 3.63) is 95.8 Å². The second kappa shape index (κ2) is 12.7.